The molecule has 0 spiro atoms. The Morgan fingerprint density at radius 3 is 2.45 bits per heavy atom. The van der Waals surface area contributed by atoms with E-state index in [0.29, 0.717) is 55.2 Å². The van der Waals surface area contributed by atoms with E-state index in [2.05, 4.69) is 0 Å². The fraction of sp³-hybridized carbons (Fsp3) is 0.208. The number of anilines is 1. The van der Waals surface area contributed by atoms with Gasteiger partial charge < -0.3 is 15.1 Å². The fourth-order valence-corrected chi connectivity index (χ4v) is 4.82. The van der Waals surface area contributed by atoms with Gasteiger partial charge in [0.2, 0.25) is 0 Å². The number of aliphatic carboxylic acids is 1. The molecule has 0 radical (unpaired) electrons. The number of hydrogen-bond donors (Lipinski definition) is 2. The molecule has 0 unspecified atom stereocenters. The molecule has 2 N–H and O–H groups in total. The Balaban J connectivity index is 2.16. The van der Waals surface area contributed by atoms with Crippen molar-refractivity contribution in [3.8, 4) is 28.0 Å². The van der Waals surface area contributed by atoms with Gasteiger partial charge in [0.05, 0.1) is 6.42 Å². The Hall–Kier alpha value is -3.12. The molecular weight excluding hydrogens is 424 g/mol. The van der Waals surface area contributed by atoms with Gasteiger partial charge in [-0.25, -0.2) is 8.78 Å². The summed E-state index contributed by atoms with van der Waals surface area (Å²) in [4.78, 5) is 13.6. The smallest absolute Gasteiger partial charge is 0.307 e. The second-order valence-electron chi connectivity index (χ2n) is 7.84. The third-order valence-electron chi connectivity index (χ3n) is 5.83. The minimum absolute atomic E-state index is 0.106. The zero-order valence-corrected chi connectivity index (χ0v) is 17.9. The predicted molar refractivity (Wildman–Crippen MR) is 117 cm³/mol. The normalized spacial score (nSPS) is 12.5. The van der Waals surface area contributed by atoms with Crippen molar-refractivity contribution in [2.24, 2.45) is 0 Å². The van der Waals surface area contributed by atoms with Crippen molar-refractivity contribution in [2.45, 2.75) is 26.8 Å². The minimum atomic E-state index is -1.02. The van der Waals surface area contributed by atoms with Gasteiger partial charge in [0.15, 0.2) is 0 Å². The van der Waals surface area contributed by atoms with E-state index in [4.69, 9.17) is 11.6 Å². The summed E-state index contributed by atoms with van der Waals surface area (Å²) in [6.45, 7) is 3.84. The number of carbonyl (C=O) groups is 1. The molecular formula is C24H20ClF2NO3. The van der Waals surface area contributed by atoms with E-state index >= 15 is 4.39 Å². The summed E-state index contributed by atoms with van der Waals surface area (Å²) in [6.07, 6.45) is -0.274. The summed E-state index contributed by atoms with van der Waals surface area (Å²) < 4.78 is 28.9. The SMILES string of the molecule is Cc1c(-c2ccc(Cl)cc2O)c(CC(=O)O)c(C)c2c1-c1c(F)cc(F)cc1CN2C. The molecule has 0 atom stereocenters. The zero-order chi connectivity index (χ0) is 22.6. The summed E-state index contributed by atoms with van der Waals surface area (Å²) >= 11 is 5.99. The molecule has 0 saturated carbocycles. The molecule has 31 heavy (non-hydrogen) atoms. The molecule has 1 heterocycles. The number of benzene rings is 3. The van der Waals surface area contributed by atoms with Crippen LogP contribution in [0.25, 0.3) is 22.3 Å². The lowest BCUT2D eigenvalue weighted by atomic mass is 9.80. The first-order valence-electron chi connectivity index (χ1n) is 9.66. The number of phenols is 1. The highest BCUT2D eigenvalue weighted by Gasteiger charge is 2.31. The number of aromatic hydroxyl groups is 1. The van der Waals surface area contributed by atoms with Crippen molar-refractivity contribution in [1.29, 1.82) is 0 Å². The van der Waals surface area contributed by atoms with Gasteiger partial charge in [-0.2, -0.15) is 0 Å². The molecule has 0 amide bonds. The minimum Gasteiger partial charge on any atom is -0.507 e. The number of carboxylic acids is 1. The number of fused-ring (bicyclic) bond motifs is 3. The summed E-state index contributed by atoms with van der Waals surface area (Å²) in [6, 6.07) is 6.77. The third-order valence-corrected chi connectivity index (χ3v) is 6.06. The van der Waals surface area contributed by atoms with E-state index in [1.54, 1.807) is 33.0 Å². The monoisotopic (exact) mass is 443 g/mol. The van der Waals surface area contributed by atoms with Crippen LogP contribution in [0.15, 0.2) is 30.3 Å². The van der Waals surface area contributed by atoms with Crippen molar-refractivity contribution >= 4 is 23.3 Å². The van der Waals surface area contributed by atoms with E-state index in [1.807, 2.05) is 4.90 Å². The number of carboxylic acid groups (broad SMARTS) is 1. The largest absolute Gasteiger partial charge is 0.507 e. The summed E-state index contributed by atoms with van der Waals surface area (Å²) in [5.74, 6) is -2.46. The van der Waals surface area contributed by atoms with Gasteiger partial charge in [0.25, 0.3) is 0 Å². The number of phenolic OH excluding ortho intramolecular Hbond substituents is 1. The quantitative estimate of drug-likeness (QED) is 0.533. The third kappa shape index (κ3) is 3.41. The van der Waals surface area contributed by atoms with Crippen molar-refractivity contribution < 1.29 is 23.8 Å². The lowest BCUT2D eigenvalue weighted by Gasteiger charge is -2.35. The van der Waals surface area contributed by atoms with E-state index in [9.17, 15) is 19.4 Å². The van der Waals surface area contributed by atoms with Crippen LogP contribution in [-0.4, -0.2) is 23.2 Å². The Labute approximate surface area is 183 Å². The maximum atomic E-state index is 15.0. The average Bonchev–Trinajstić information content (AvgIpc) is 2.65. The molecule has 7 heteroatoms. The van der Waals surface area contributed by atoms with E-state index in [-0.39, 0.29) is 18.7 Å². The van der Waals surface area contributed by atoms with Crippen LogP contribution in [0.2, 0.25) is 5.02 Å². The van der Waals surface area contributed by atoms with Crippen molar-refractivity contribution in [1.82, 2.24) is 0 Å². The van der Waals surface area contributed by atoms with Gasteiger partial charge in [0.1, 0.15) is 17.4 Å². The number of hydrogen-bond acceptors (Lipinski definition) is 3. The molecule has 1 aliphatic heterocycles. The predicted octanol–water partition coefficient (Wildman–Crippen LogP) is 5.85. The Morgan fingerprint density at radius 1 is 1.10 bits per heavy atom. The van der Waals surface area contributed by atoms with Gasteiger partial charge in [-0.05, 0) is 65.9 Å². The van der Waals surface area contributed by atoms with Crippen LogP contribution < -0.4 is 4.90 Å². The van der Waals surface area contributed by atoms with Gasteiger partial charge in [-0.3, -0.25) is 4.79 Å². The Morgan fingerprint density at radius 2 is 1.81 bits per heavy atom. The van der Waals surface area contributed by atoms with E-state index < -0.39 is 17.6 Å². The molecule has 1 aliphatic rings. The van der Waals surface area contributed by atoms with Crippen molar-refractivity contribution in [3.05, 3.63) is 69.2 Å². The fourth-order valence-electron chi connectivity index (χ4n) is 4.65. The lowest BCUT2D eigenvalue weighted by Crippen LogP contribution is -2.25. The number of nitrogens with zero attached hydrogens (tertiary/aromatic N) is 1. The van der Waals surface area contributed by atoms with Gasteiger partial charge >= 0.3 is 5.97 Å². The first kappa shape index (κ1) is 21.1. The highest BCUT2D eigenvalue weighted by molar-refractivity contribution is 6.30. The lowest BCUT2D eigenvalue weighted by molar-refractivity contribution is -0.136. The second-order valence-corrected chi connectivity index (χ2v) is 8.27. The number of halogens is 3. The molecule has 160 valence electrons. The van der Waals surface area contributed by atoms with Gasteiger partial charge in [-0.1, -0.05) is 11.6 Å². The molecule has 0 aliphatic carbocycles. The van der Waals surface area contributed by atoms with E-state index in [0.717, 1.165) is 6.07 Å². The Kier molecular flexibility index (Phi) is 5.13. The van der Waals surface area contributed by atoms with Crippen molar-refractivity contribution in [3.63, 3.8) is 0 Å². The van der Waals surface area contributed by atoms with Crippen LogP contribution in [0.5, 0.6) is 5.75 Å². The van der Waals surface area contributed by atoms with E-state index in [1.165, 1.54) is 12.1 Å². The van der Waals surface area contributed by atoms with Crippen LogP contribution in [0.1, 0.15) is 22.3 Å². The van der Waals surface area contributed by atoms with Crippen LogP contribution in [0.4, 0.5) is 14.5 Å². The Bertz CT molecular complexity index is 1260. The second kappa shape index (κ2) is 7.54. The highest BCUT2D eigenvalue weighted by Crippen LogP contribution is 2.50. The maximum Gasteiger partial charge on any atom is 0.307 e. The maximum absolute atomic E-state index is 15.0. The molecule has 3 aromatic rings. The highest BCUT2D eigenvalue weighted by atomic mass is 35.5. The van der Waals surface area contributed by atoms with Crippen LogP contribution in [-0.2, 0) is 17.8 Å². The molecule has 4 nitrogen and oxygen atoms in total. The molecule has 4 rings (SSSR count). The molecule has 0 aromatic heterocycles. The molecule has 0 bridgehead atoms. The summed E-state index contributed by atoms with van der Waals surface area (Å²) in [7, 11) is 1.81. The van der Waals surface area contributed by atoms with Crippen LogP contribution in [0, 0.1) is 25.5 Å². The van der Waals surface area contributed by atoms with Crippen molar-refractivity contribution in [2.75, 3.05) is 11.9 Å². The molecule has 3 aromatic carbocycles. The number of rotatable bonds is 3. The topological polar surface area (TPSA) is 60.8 Å². The van der Waals surface area contributed by atoms with Gasteiger partial charge in [0, 0.05) is 47.1 Å². The van der Waals surface area contributed by atoms with Crippen LogP contribution >= 0.6 is 11.6 Å². The summed E-state index contributed by atoms with van der Waals surface area (Å²) in [5, 5.41) is 20.5. The van der Waals surface area contributed by atoms with Crippen LogP contribution in [0.3, 0.4) is 0 Å². The van der Waals surface area contributed by atoms with Gasteiger partial charge in [-0.15, -0.1) is 0 Å². The molecule has 0 saturated heterocycles. The zero-order valence-electron chi connectivity index (χ0n) is 17.2. The first-order chi connectivity index (χ1) is 14.6. The summed E-state index contributed by atoms with van der Waals surface area (Å²) in [5.41, 5.74) is 4.79. The standard InChI is InChI=1S/C24H20ClF2NO3/c1-11-17(9-20(30)31)21(16-5-4-14(25)7-19(16)29)12(2)22-23-13(10-28(3)24(11)22)6-15(26)8-18(23)27/h4-8,29H,9-10H2,1-3H3,(H,30,31). The molecule has 0 fully saturated rings. The first-order valence-corrected chi connectivity index (χ1v) is 10.0. The average molecular weight is 444 g/mol.